The van der Waals surface area contributed by atoms with Crippen molar-refractivity contribution in [3.8, 4) is 5.75 Å². The number of carbonyl (C=O) groups excluding carboxylic acids is 1. The van der Waals surface area contributed by atoms with E-state index in [1.54, 1.807) is 30.6 Å². The topological polar surface area (TPSA) is 84.1 Å². The molecular formula is C20H21N3O3S2. The number of ether oxygens (including phenoxy) is 1. The molecule has 2 aromatic heterocycles. The summed E-state index contributed by atoms with van der Waals surface area (Å²) in [5.41, 5.74) is 1.73. The lowest BCUT2D eigenvalue weighted by Crippen LogP contribution is -2.16. The van der Waals surface area contributed by atoms with Crippen molar-refractivity contribution in [1.82, 2.24) is 9.97 Å². The normalized spacial score (nSPS) is 16.0. The van der Waals surface area contributed by atoms with Crippen LogP contribution in [0.3, 0.4) is 0 Å². The lowest BCUT2D eigenvalue weighted by Gasteiger charge is -2.17. The van der Waals surface area contributed by atoms with Gasteiger partial charge in [0.2, 0.25) is 5.91 Å². The van der Waals surface area contributed by atoms with Crippen LogP contribution in [0.25, 0.3) is 10.2 Å². The standard InChI is InChI=1S/C20H21N3O3S2/c1-11-6-7-14-15(8-11)28-19-17(14)18(25)22-20(23-19)27-10-16(24)21-12-4-3-5-13(9-12)26-2/h3-5,9,11H,6-8,10H2,1-2H3,(H,21,24)(H,22,23,25)/t11-/m0/s1. The Labute approximate surface area is 170 Å². The maximum Gasteiger partial charge on any atom is 0.260 e. The van der Waals surface area contributed by atoms with Crippen LogP contribution < -0.4 is 15.6 Å². The molecule has 0 saturated heterocycles. The van der Waals surface area contributed by atoms with Crippen molar-refractivity contribution in [2.75, 3.05) is 18.2 Å². The Hall–Kier alpha value is -2.32. The van der Waals surface area contributed by atoms with Crippen molar-refractivity contribution in [2.24, 2.45) is 5.92 Å². The number of methoxy groups -OCH3 is 1. The molecule has 4 rings (SSSR count). The molecule has 0 unspecified atom stereocenters. The second-order valence-corrected chi connectivity index (χ2v) is 9.02. The zero-order valence-electron chi connectivity index (χ0n) is 15.7. The maximum atomic E-state index is 12.6. The molecule has 0 bridgehead atoms. The van der Waals surface area contributed by atoms with Gasteiger partial charge < -0.3 is 15.0 Å². The van der Waals surface area contributed by atoms with Gasteiger partial charge in [0.25, 0.3) is 5.56 Å². The van der Waals surface area contributed by atoms with Crippen LogP contribution in [0.2, 0.25) is 0 Å². The fraction of sp³-hybridized carbons (Fsp3) is 0.350. The molecule has 146 valence electrons. The van der Waals surface area contributed by atoms with Crippen LogP contribution in [0, 0.1) is 5.92 Å². The van der Waals surface area contributed by atoms with E-state index < -0.39 is 0 Å². The summed E-state index contributed by atoms with van der Waals surface area (Å²) in [4.78, 5) is 34.3. The second kappa shape index (κ2) is 7.97. The quantitative estimate of drug-likeness (QED) is 0.488. The number of anilines is 1. The number of aromatic amines is 1. The maximum absolute atomic E-state index is 12.6. The summed E-state index contributed by atoms with van der Waals surface area (Å²) >= 11 is 2.84. The molecule has 1 aromatic carbocycles. The van der Waals surface area contributed by atoms with Crippen LogP contribution in [-0.4, -0.2) is 28.7 Å². The number of rotatable bonds is 5. The number of hydrogen-bond donors (Lipinski definition) is 2. The molecule has 1 amide bonds. The van der Waals surface area contributed by atoms with Crippen molar-refractivity contribution in [3.63, 3.8) is 0 Å². The van der Waals surface area contributed by atoms with Crippen molar-refractivity contribution >= 4 is 44.9 Å². The lowest BCUT2D eigenvalue weighted by atomic mass is 9.89. The van der Waals surface area contributed by atoms with Crippen LogP contribution in [0.5, 0.6) is 5.75 Å². The molecule has 28 heavy (non-hydrogen) atoms. The van der Waals surface area contributed by atoms with Crippen molar-refractivity contribution < 1.29 is 9.53 Å². The van der Waals surface area contributed by atoms with Gasteiger partial charge in [-0.2, -0.15) is 0 Å². The first-order chi connectivity index (χ1) is 13.5. The third-order valence-electron chi connectivity index (χ3n) is 4.84. The lowest BCUT2D eigenvalue weighted by molar-refractivity contribution is -0.113. The number of benzene rings is 1. The first-order valence-corrected chi connectivity index (χ1v) is 10.9. The van der Waals surface area contributed by atoms with Crippen LogP contribution in [0.15, 0.2) is 34.2 Å². The van der Waals surface area contributed by atoms with E-state index in [0.717, 1.165) is 29.5 Å². The second-order valence-electron chi connectivity index (χ2n) is 6.97. The van der Waals surface area contributed by atoms with E-state index in [0.29, 0.717) is 22.5 Å². The smallest absolute Gasteiger partial charge is 0.260 e. The number of nitrogens with zero attached hydrogens (tertiary/aromatic N) is 1. The molecule has 2 N–H and O–H groups in total. The van der Waals surface area contributed by atoms with Gasteiger partial charge in [-0.15, -0.1) is 11.3 Å². The molecule has 0 spiro atoms. The summed E-state index contributed by atoms with van der Waals surface area (Å²) in [6.45, 7) is 2.24. The molecule has 0 radical (unpaired) electrons. The number of amides is 1. The Bertz CT molecular complexity index is 1090. The van der Waals surface area contributed by atoms with E-state index in [9.17, 15) is 9.59 Å². The molecule has 1 aliphatic carbocycles. The van der Waals surface area contributed by atoms with Gasteiger partial charge >= 0.3 is 0 Å². The largest absolute Gasteiger partial charge is 0.497 e. The summed E-state index contributed by atoms with van der Waals surface area (Å²) in [7, 11) is 1.58. The highest BCUT2D eigenvalue weighted by Gasteiger charge is 2.23. The summed E-state index contributed by atoms with van der Waals surface area (Å²) < 4.78 is 5.16. The number of H-pyrrole nitrogens is 1. The van der Waals surface area contributed by atoms with Gasteiger partial charge in [0.15, 0.2) is 5.16 Å². The SMILES string of the molecule is COc1cccc(NC(=O)CSc2nc3sc4c(c3c(=O)[nH]2)CC[C@H](C)C4)c1. The Morgan fingerprint density at radius 1 is 1.46 bits per heavy atom. The van der Waals surface area contributed by atoms with E-state index in [-0.39, 0.29) is 17.2 Å². The monoisotopic (exact) mass is 415 g/mol. The van der Waals surface area contributed by atoms with Gasteiger partial charge in [-0.1, -0.05) is 24.8 Å². The highest BCUT2D eigenvalue weighted by molar-refractivity contribution is 7.99. The summed E-state index contributed by atoms with van der Waals surface area (Å²) in [6.07, 6.45) is 3.07. The number of aromatic nitrogens is 2. The van der Waals surface area contributed by atoms with Gasteiger partial charge in [-0.25, -0.2) is 4.98 Å². The molecule has 6 nitrogen and oxygen atoms in total. The molecule has 1 atom stereocenters. The highest BCUT2D eigenvalue weighted by Crippen LogP contribution is 2.36. The number of nitrogens with one attached hydrogen (secondary N) is 2. The molecule has 3 aromatic rings. The summed E-state index contributed by atoms with van der Waals surface area (Å²) in [6, 6.07) is 7.18. The minimum Gasteiger partial charge on any atom is -0.497 e. The predicted octanol–water partition coefficient (Wildman–Crippen LogP) is 3.85. The van der Waals surface area contributed by atoms with Crippen molar-refractivity contribution in [2.45, 2.75) is 31.3 Å². The predicted molar refractivity (Wildman–Crippen MR) is 114 cm³/mol. The first kappa shape index (κ1) is 19.0. The number of carbonyl (C=O) groups is 1. The average molecular weight is 416 g/mol. The zero-order valence-corrected chi connectivity index (χ0v) is 17.3. The average Bonchev–Trinajstić information content (AvgIpc) is 3.04. The number of hydrogen-bond acceptors (Lipinski definition) is 6. The Kier molecular flexibility index (Phi) is 5.41. The van der Waals surface area contributed by atoms with Crippen LogP contribution in [0.1, 0.15) is 23.8 Å². The van der Waals surface area contributed by atoms with E-state index in [1.165, 1.54) is 22.2 Å². The van der Waals surface area contributed by atoms with Crippen LogP contribution in [-0.2, 0) is 17.6 Å². The van der Waals surface area contributed by atoms with Crippen LogP contribution >= 0.6 is 23.1 Å². The third kappa shape index (κ3) is 3.93. The molecule has 0 saturated carbocycles. The molecule has 1 aliphatic rings. The number of thioether (sulfide) groups is 1. The van der Waals surface area contributed by atoms with Crippen LogP contribution in [0.4, 0.5) is 5.69 Å². The van der Waals surface area contributed by atoms with Crippen molar-refractivity contribution in [3.05, 3.63) is 45.1 Å². The highest BCUT2D eigenvalue weighted by atomic mass is 32.2. The van der Waals surface area contributed by atoms with Gasteiger partial charge in [0.1, 0.15) is 10.6 Å². The zero-order chi connectivity index (χ0) is 19.7. The number of fused-ring (bicyclic) bond motifs is 3. The fourth-order valence-corrected chi connectivity index (χ4v) is 5.53. The molecular weight excluding hydrogens is 394 g/mol. The Balaban J connectivity index is 1.47. The number of aryl methyl sites for hydroxylation is 1. The minimum absolute atomic E-state index is 0.104. The Morgan fingerprint density at radius 3 is 3.14 bits per heavy atom. The van der Waals surface area contributed by atoms with Gasteiger partial charge in [-0.3, -0.25) is 9.59 Å². The van der Waals surface area contributed by atoms with Gasteiger partial charge in [-0.05, 0) is 42.9 Å². The first-order valence-electron chi connectivity index (χ1n) is 9.14. The minimum atomic E-state index is -0.166. The van der Waals surface area contributed by atoms with Gasteiger partial charge in [0.05, 0.1) is 18.2 Å². The molecule has 0 fully saturated rings. The third-order valence-corrected chi connectivity index (χ3v) is 6.86. The van der Waals surface area contributed by atoms with Crippen molar-refractivity contribution in [1.29, 1.82) is 0 Å². The van der Waals surface area contributed by atoms with E-state index >= 15 is 0 Å². The Morgan fingerprint density at radius 2 is 2.32 bits per heavy atom. The number of thiophene rings is 1. The van der Waals surface area contributed by atoms with E-state index in [4.69, 9.17) is 4.74 Å². The van der Waals surface area contributed by atoms with Gasteiger partial charge in [0, 0.05) is 16.6 Å². The molecule has 0 aliphatic heterocycles. The molecule has 2 heterocycles. The summed E-state index contributed by atoms with van der Waals surface area (Å²) in [5.74, 6) is 1.32. The van der Waals surface area contributed by atoms with E-state index in [1.807, 2.05) is 12.1 Å². The summed E-state index contributed by atoms with van der Waals surface area (Å²) in [5, 5.41) is 4.04. The fourth-order valence-electron chi connectivity index (χ4n) is 3.43. The molecule has 8 heteroatoms. The van der Waals surface area contributed by atoms with E-state index in [2.05, 4.69) is 22.2 Å².